The maximum Gasteiger partial charge on any atom is 0.102 e. The minimum absolute atomic E-state index is 0.489. The van der Waals surface area contributed by atoms with Crippen molar-refractivity contribution in [2.24, 2.45) is 0 Å². The normalized spacial score (nSPS) is 10.1. The maximum absolute atomic E-state index is 8.83. The number of rotatable bonds is 1. The van der Waals surface area contributed by atoms with Crippen molar-refractivity contribution in [3.8, 4) is 17.3 Å². The Balaban J connectivity index is 2.51. The molecule has 0 aliphatic rings. The van der Waals surface area contributed by atoms with Crippen molar-refractivity contribution >= 4 is 39.1 Å². The lowest BCUT2D eigenvalue weighted by molar-refractivity contribution is 1.34. The van der Waals surface area contributed by atoms with Crippen molar-refractivity contribution in [1.29, 1.82) is 5.26 Å². The summed E-state index contributed by atoms with van der Waals surface area (Å²) in [6.07, 6.45) is 0. The molecule has 1 N–H and O–H groups in total. The summed E-state index contributed by atoms with van der Waals surface area (Å²) in [6.45, 7) is 0. The molecule has 2 nitrogen and oxygen atoms in total. The van der Waals surface area contributed by atoms with Gasteiger partial charge in [-0.2, -0.15) is 5.26 Å². The highest BCUT2D eigenvalue weighted by Gasteiger charge is 2.08. The Morgan fingerprint density at radius 3 is 2.50 bits per heavy atom. The number of hydrogen-bond acceptors (Lipinski definition) is 1. The number of benzene rings is 1. The molecular formula is C11H5BrCl2N2. The van der Waals surface area contributed by atoms with Crippen LogP contribution in [0.1, 0.15) is 5.56 Å². The first-order valence-electron chi connectivity index (χ1n) is 4.36. The zero-order chi connectivity index (χ0) is 11.7. The zero-order valence-electron chi connectivity index (χ0n) is 7.89. The van der Waals surface area contributed by atoms with Crippen LogP contribution in [0.25, 0.3) is 11.3 Å². The Hall–Kier alpha value is -0.950. The van der Waals surface area contributed by atoms with E-state index in [0.29, 0.717) is 20.2 Å². The summed E-state index contributed by atoms with van der Waals surface area (Å²) in [6, 6.07) is 9.14. The standard InChI is InChI=1S/C11H5BrCl2N2/c12-11-7(5-15)4-10(16-11)6-1-2-8(13)9(14)3-6/h1-4,16H. The van der Waals surface area contributed by atoms with Crippen molar-refractivity contribution in [2.75, 3.05) is 0 Å². The van der Waals surface area contributed by atoms with E-state index < -0.39 is 0 Å². The molecule has 0 unspecified atom stereocenters. The van der Waals surface area contributed by atoms with Gasteiger partial charge in [-0.15, -0.1) is 0 Å². The van der Waals surface area contributed by atoms with E-state index in [1.165, 1.54) is 0 Å². The summed E-state index contributed by atoms with van der Waals surface area (Å²) in [4.78, 5) is 3.05. The van der Waals surface area contributed by atoms with Gasteiger partial charge in [0.25, 0.3) is 0 Å². The van der Waals surface area contributed by atoms with E-state index in [-0.39, 0.29) is 0 Å². The summed E-state index contributed by atoms with van der Waals surface area (Å²) in [7, 11) is 0. The van der Waals surface area contributed by atoms with Crippen LogP contribution in [-0.2, 0) is 0 Å². The molecule has 1 heterocycles. The molecule has 0 bridgehead atoms. The van der Waals surface area contributed by atoms with Crippen LogP contribution >= 0.6 is 39.1 Å². The van der Waals surface area contributed by atoms with Crippen LogP contribution in [0.15, 0.2) is 28.9 Å². The molecule has 0 atom stereocenters. The second-order valence-corrected chi connectivity index (χ2v) is 4.76. The fourth-order valence-electron chi connectivity index (χ4n) is 1.33. The third kappa shape index (κ3) is 2.10. The highest BCUT2D eigenvalue weighted by Crippen LogP contribution is 2.30. The monoisotopic (exact) mass is 314 g/mol. The van der Waals surface area contributed by atoms with Gasteiger partial charge in [0.05, 0.1) is 15.6 Å². The van der Waals surface area contributed by atoms with E-state index in [2.05, 4.69) is 27.0 Å². The summed E-state index contributed by atoms with van der Waals surface area (Å²) in [5.74, 6) is 0. The summed E-state index contributed by atoms with van der Waals surface area (Å²) in [5, 5.41) is 9.83. The van der Waals surface area contributed by atoms with Crippen LogP contribution in [0, 0.1) is 11.3 Å². The Kier molecular flexibility index (Phi) is 3.25. The van der Waals surface area contributed by atoms with Gasteiger partial charge in [0.1, 0.15) is 10.7 Å². The third-order valence-corrected chi connectivity index (χ3v) is 3.49. The molecular weight excluding hydrogens is 311 g/mol. The Morgan fingerprint density at radius 2 is 1.94 bits per heavy atom. The van der Waals surface area contributed by atoms with Crippen LogP contribution < -0.4 is 0 Å². The van der Waals surface area contributed by atoms with Gasteiger partial charge >= 0.3 is 0 Å². The zero-order valence-corrected chi connectivity index (χ0v) is 11.0. The number of hydrogen-bond donors (Lipinski definition) is 1. The summed E-state index contributed by atoms with van der Waals surface area (Å²) < 4.78 is 0.663. The Bertz CT molecular complexity index is 584. The fraction of sp³-hybridized carbons (Fsp3) is 0. The van der Waals surface area contributed by atoms with Gasteiger partial charge in [0, 0.05) is 5.69 Å². The molecule has 1 aromatic heterocycles. The highest BCUT2D eigenvalue weighted by atomic mass is 79.9. The van der Waals surface area contributed by atoms with E-state index in [0.717, 1.165) is 11.3 Å². The van der Waals surface area contributed by atoms with Gasteiger partial charge in [0.15, 0.2) is 0 Å². The molecule has 0 radical (unpaired) electrons. The summed E-state index contributed by atoms with van der Waals surface area (Å²) in [5.41, 5.74) is 2.26. The van der Waals surface area contributed by atoms with Crippen LogP contribution in [0.5, 0.6) is 0 Å². The molecule has 0 saturated heterocycles. The Morgan fingerprint density at radius 1 is 1.19 bits per heavy atom. The molecule has 80 valence electrons. The molecule has 5 heteroatoms. The molecule has 2 aromatic rings. The van der Waals surface area contributed by atoms with E-state index in [1.807, 2.05) is 6.07 Å². The van der Waals surface area contributed by atoms with Gasteiger partial charge in [-0.05, 0) is 39.7 Å². The van der Waals surface area contributed by atoms with Crippen molar-refractivity contribution < 1.29 is 0 Å². The topological polar surface area (TPSA) is 39.6 Å². The van der Waals surface area contributed by atoms with Gasteiger partial charge in [-0.1, -0.05) is 29.3 Å². The second-order valence-electron chi connectivity index (χ2n) is 3.15. The molecule has 2 rings (SSSR count). The molecule has 0 aliphatic carbocycles. The largest absolute Gasteiger partial charge is 0.348 e. The van der Waals surface area contributed by atoms with Crippen molar-refractivity contribution in [3.63, 3.8) is 0 Å². The third-order valence-electron chi connectivity index (χ3n) is 2.12. The van der Waals surface area contributed by atoms with Crippen LogP contribution in [0.4, 0.5) is 0 Å². The first kappa shape index (κ1) is 11.5. The van der Waals surface area contributed by atoms with E-state index in [9.17, 15) is 0 Å². The molecule has 1 aromatic carbocycles. The minimum Gasteiger partial charge on any atom is -0.348 e. The average molecular weight is 316 g/mol. The lowest BCUT2D eigenvalue weighted by Gasteiger charge is -2.00. The maximum atomic E-state index is 8.83. The van der Waals surface area contributed by atoms with Crippen molar-refractivity contribution in [2.45, 2.75) is 0 Å². The predicted molar refractivity (Wildman–Crippen MR) is 68.7 cm³/mol. The minimum atomic E-state index is 0.489. The molecule has 16 heavy (non-hydrogen) atoms. The number of halogens is 3. The molecule has 0 aliphatic heterocycles. The number of nitrogens with one attached hydrogen (secondary N) is 1. The molecule has 0 fully saturated rings. The van der Waals surface area contributed by atoms with Gasteiger partial charge < -0.3 is 4.98 Å². The van der Waals surface area contributed by atoms with Crippen LogP contribution in [-0.4, -0.2) is 4.98 Å². The predicted octanol–water partition coefficient (Wildman–Crippen LogP) is 4.62. The molecule has 0 amide bonds. The van der Waals surface area contributed by atoms with Crippen molar-refractivity contribution in [3.05, 3.63) is 44.5 Å². The lowest BCUT2D eigenvalue weighted by atomic mass is 10.1. The lowest BCUT2D eigenvalue weighted by Crippen LogP contribution is -1.77. The fourth-order valence-corrected chi connectivity index (χ4v) is 2.04. The first-order chi connectivity index (χ1) is 7.61. The number of aromatic nitrogens is 1. The quantitative estimate of drug-likeness (QED) is 0.819. The number of aromatic amines is 1. The smallest absolute Gasteiger partial charge is 0.102 e. The van der Waals surface area contributed by atoms with E-state index >= 15 is 0 Å². The molecule has 0 spiro atoms. The molecule has 0 saturated carbocycles. The number of nitriles is 1. The van der Waals surface area contributed by atoms with Crippen LogP contribution in [0.3, 0.4) is 0 Å². The number of H-pyrrole nitrogens is 1. The first-order valence-corrected chi connectivity index (χ1v) is 5.90. The van der Waals surface area contributed by atoms with Gasteiger partial charge in [-0.25, -0.2) is 0 Å². The van der Waals surface area contributed by atoms with Crippen LogP contribution in [0.2, 0.25) is 10.0 Å². The van der Waals surface area contributed by atoms with E-state index in [4.69, 9.17) is 28.5 Å². The summed E-state index contributed by atoms with van der Waals surface area (Å²) >= 11 is 15.0. The van der Waals surface area contributed by atoms with Gasteiger partial charge in [0.2, 0.25) is 0 Å². The van der Waals surface area contributed by atoms with E-state index in [1.54, 1.807) is 18.2 Å². The SMILES string of the molecule is N#Cc1cc(-c2ccc(Cl)c(Cl)c2)[nH]c1Br. The second kappa shape index (κ2) is 4.50. The van der Waals surface area contributed by atoms with Gasteiger partial charge in [-0.3, -0.25) is 0 Å². The van der Waals surface area contributed by atoms with Crippen molar-refractivity contribution in [1.82, 2.24) is 4.98 Å². The Labute approximate surface area is 111 Å². The average Bonchev–Trinajstić information content (AvgIpc) is 2.64. The number of nitrogens with zero attached hydrogens (tertiary/aromatic N) is 1. The highest BCUT2D eigenvalue weighted by molar-refractivity contribution is 9.10.